The van der Waals surface area contributed by atoms with Gasteiger partial charge in [0, 0.05) is 0 Å². The number of amides is 4. The van der Waals surface area contributed by atoms with Gasteiger partial charge in [0.05, 0.1) is 23.8 Å². The highest BCUT2D eigenvalue weighted by molar-refractivity contribution is 6.30. The van der Waals surface area contributed by atoms with Crippen LogP contribution in [0.25, 0.3) is 17.0 Å². The Labute approximate surface area is 151 Å². The first kappa shape index (κ1) is 16.5. The van der Waals surface area contributed by atoms with Gasteiger partial charge in [-0.15, -0.1) is 0 Å². The molecule has 0 radical (unpaired) electrons. The van der Waals surface area contributed by atoms with Crippen LogP contribution in [0.4, 0.5) is 4.79 Å². The van der Waals surface area contributed by atoms with E-state index in [1.165, 1.54) is 12.5 Å². The summed E-state index contributed by atoms with van der Waals surface area (Å²) < 4.78 is 10.5. The van der Waals surface area contributed by atoms with Crippen LogP contribution >= 0.6 is 0 Å². The van der Waals surface area contributed by atoms with Gasteiger partial charge in [0.2, 0.25) is 0 Å². The summed E-state index contributed by atoms with van der Waals surface area (Å²) in [6, 6.07) is 8.97. The SMILES string of the molecule is O=C1NC(=O)N(Cc2ccco2)C(=O)/C1=C\c1coc2ccccc2c1=O. The van der Waals surface area contributed by atoms with E-state index in [4.69, 9.17) is 8.83 Å². The summed E-state index contributed by atoms with van der Waals surface area (Å²) in [5.74, 6) is -1.33. The zero-order valence-electron chi connectivity index (χ0n) is 13.8. The van der Waals surface area contributed by atoms with Crippen LogP contribution in [0.2, 0.25) is 0 Å². The van der Waals surface area contributed by atoms with Gasteiger partial charge in [-0.1, -0.05) is 12.1 Å². The number of carbonyl (C=O) groups is 3. The molecule has 1 aromatic carbocycles. The molecule has 0 spiro atoms. The van der Waals surface area contributed by atoms with E-state index in [0.29, 0.717) is 16.7 Å². The maximum Gasteiger partial charge on any atom is 0.331 e. The molecular formula is C19H12N2O6. The number of fused-ring (bicyclic) bond motifs is 1. The molecule has 0 atom stereocenters. The molecule has 8 nitrogen and oxygen atoms in total. The monoisotopic (exact) mass is 364 g/mol. The molecule has 134 valence electrons. The molecule has 3 heterocycles. The van der Waals surface area contributed by atoms with Crippen molar-refractivity contribution in [2.75, 3.05) is 0 Å². The van der Waals surface area contributed by atoms with Crippen LogP contribution in [0.1, 0.15) is 11.3 Å². The first-order valence-electron chi connectivity index (χ1n) is 7.96. The molecule has 1 aliphatic rings. The standard InChI is InChI=1S/C19H12N2O6/c22-16-11(10-27-15-6-2-1-5-13(15)16)8-14-17(23)20-19(25)21(18(14)24)9-12-4-3-7-26-12/h1-8,10H,9H2,(H,20,23,25)/b14-8-. The lowest BCUT2D eigenvalue weighted by Crippen LogP contribution is -2.53. The summed E-state index contributed by atoms with van der Waals surface area (Å²) in [4.78, 5) is 50.2. The number of rotatable bonds is 3. The molecule has 0 unspecified atom stereocenters. The van der Waals surface area contributed by atoms with Crippen LogP contribution in [0.15, 0.2) is 68.1 Å². The van der Waals surface area contributed by atoms with Gasteiger partial charge in [0.15, 0.2) is 5.43 Å². The molecule has 1 fully saturated rings. The van der Waals surface area contributed by atoms with E-state index in [1.54, 1.807) is 36.4 Å². The summed E-state index contributed by atoms with van der Waals surface area (Å²) in [6.07, 6.45) is 3.70. The number of para-hydroxylation sites is 1. The molecule has 0 bridgehead atoms. The maximum absolute atomic E-state index is 12.7. The number of imide groups is 2. The average Bonchev–Trinajstić information content (AvgIpc) is 3.17. The third kappa shape index (κ3) is 2.93. The Hall–Kier alpha value is -3.94. The molecule has 2 aromatic heterocycles. The van der Waals surface area contributed by atoms with E-state index in [-0.39, 0.29) is 23.1 Å². The molecule has 4 amide bonds. The number of furan rings is 1. The number of hydrogen-bond acceptors (Lipinski definition) is 6. The van der Waals surface area contributed by atoms with Gasteiger partial charge in [0.1, 0.15) is 23.2 Å². The van der Waals surface area contributed by atoms with E-state index in [2.05, 4.69) is 5.32 Å². The first-order chi connectivity index (χ1) is 13.0. The van der Waals surface area contributed by atoms with Gasteiger partial charge in [0.25, 0.3) is 11.8 Å². The van der Waals surface area contributed by atoms with Crippen LogP contribution in [-0.2, 0) is 16.1 Å². The number of hydrogen-bond donors (Lipinski definition) is 1. The number of nitrogens with zero attached hydrogens (tertiary/aromatic N) is 1. The number of barbiturate groups is 1. The number of urea groups is 1. The number of benzene rings is 1. The predicted molar refractivity (Wildman–Crippen MR) is 93.3 cm³/mol. The lowest BCUT2D eigenvalue weighted by Gasteiger charge is -2.25. The number of carbonyl (C=O) groups excluding carboxylic acids is 3. The Balaban J connectivity index is 1.74. The molecule has 4 rings (SSSR count). The summed E-state index contributed by atoms with van der Waals surface area (Å²) >= 11 is 0. The quantitative estimate of drug-likeness (QED) is 0.563. The summed E-state index contributed by atoms with van der Waals surface area (Å²) in [5, 5.41) is 2.40. The molecule has 0 aliphatic carbocycles. The van der Waals surface area contributed by atoms with Crippen LogP contribution in [0.3, 0.4) is 0 Å². The second-order valence-corrected chi connectivity index (χ2v) is 5.80. The fourth-order valence-electron chi connectivity index (χ4n) is 2.74. The van der Waals surface area contributed by atoms with E-state index >= 15 is 0 Å². The van der Waals surface area contributed by atoms with Crippen molar-refractivity contribution in [1.29, 1.82) is 0 Å². The van der Waals surface area contributed by atoms with Crippen molar-refractivity contribution < 1.29 is 23.2 Å². The second kappa shape index (κ2) is 6.41. The maximum atomic E-state index is 12.7. The lowest BCUT2D eigenvalue weighted by atomic mass is 10.1. The van der Waals surface area contributed by atoms with Crippen molar-refractivity contribution in [2.45, 2.75) is 6.54 Å². The number of nitrogens with one attached hydrogen (secondary N) is 1. The van der Waals surface area contributed by atoms with E-state index < -0.39 is 17.8 Å². The first-order valence-corrected chi connectivity index (χ1v) is 7.96. The molecule has 3 aromatic rings. The fourth-order valence-corrected chi connectivity index (χ4v) is 2.74. The highest BCUT2D eigenvalue weighted by Gasteiger charge is 2.36. The molecule has 27 heavy (non-hydrogen) atoms. The van der Waals surface area contributed by atoms with Gasteiger partial charge < -0.3 is 8.83 Å². The van der Waals surface area contributed by atoms with Crippen molar-refractivity contribution in [3.8, 4) is 0 Å². The highest BCUT2D eigenvalue weighted by atomic mass is 16.3. The summed E-state index contributed by atoms with van der Waals surface area (Å²) in [7, 11) is 0. The van der Waals surface area contributed by atoms with Crippen molar-refractivity contribution in [2.24, 2.45) is 0 Å². The Morgan fingerprint density at radius 2 is 1.81 bits per heavy atom. The van der Waals surface area contributed by atoms with Crippen molar-refractivity contribution in [1.82, 2.24) is 10.2 Å². The minimum absolute atomic E-state index is 0.0273. The molecule has 0 saturated carbocycles. The normalized spacial score (nSPS) is 16.2. The van der Waals surface area contributed by atoms with Crippen LogP contribution in [0.5, 0.6) is 0 Å². The third-order valence-electron chi connectivity index (χ3n) is 4.09. The fraction of sp³-hybridized carbons (Fsp3) is 0.0526. The molecule has 1 aliphatic heterocycles. The Kier molecular flexibility index (Phi) is 3.92. The zero-order valence-corrected chi connectivity index (χ0v) is 13.8. The zero-order chi connectivity index (χ0) is 19.0. The minimum Gasteiger partial charge on any atom is -0.467 e. The van der Waals surface area contributed by atoms with Gasteiger partial charge >= 0.3 is 6.03 Å². The van der Waals surface area contributed by atoms with E-state index in [1.807, 2.05) is 0 Å². The summed E-state index contributed by atoms with van der Waals surface area (Å²) in [5.41, 5.74) is -0.318. The molecule has 1 N–H and O–H groups in total. The van der Waals surface area contributed by atoms with Crippen molar-refractivity contribution in [3.63, 3.8) is 0 Å². The highest BCUT2D eigenvalue weighted by Crippen LogP contribution is 2.18. The third-order valence-corrected chi connectivity index (χ3v) is 4.09. The van der Waals surface area contributed by atoms with E-state index in [0.717, 1.165) is 11.0 Å². The van der Waals surface area contributed by atoms with Crippen LogP contribution < -0.4 is 10.7 Å². The Bertz CT molecular complexity index is 1160. The largest absolute Gasteiger partial charge is 0.467 e. The van der Waals surface area contributed by atoms with Crippen molar-refractivity contribution in [3.05, 3.63) is 76.0 Å². The second-order valence-electron chi connectivity index (χ2n) is 5.80. The van der Waals surface area contributed by atoms with E-state index in [9.17, 15) is 19.2 Å². The molecular weight excluding hydrogens is 352 g/mol. The van der Waals surface area contributed by atoms with Gasteiger partial charge in [-0.25, -0.2) is 4.79 Å². The molecule has 8 heteroatoms. The lowest BCUT2D eigenvalue weighted by molar-refractivity contribution is -0.130. The van der Waals surface area contributed by atoms with Gasteiger partial charge in [-0.05, 0) is 30.3 Å². The predicted octanol–water partition coefficient (Wildman–Crippen LogP) is 2.05. The Morgan fingerprint density at radius 1 is 1.00 bits per heavy atom. The van der Waals surface area contributed by atoms with Crippen LogP contribution in [0, 0.1) is 0 Å². The topological polar surface area (TPSA) is 110 Å². The van der Waals surface area contributed by atoms with Gasteiger partial charge in [-0.2, -0.15) is 0 Å². The smallest absolute Gasteiger partial charge is 0.331 e. The average molecular weight is 364 g/mol. The summed E-state index contributed by atoms with van der Waals surface area (Å²) in [6.45, 7) is -0.144. The minimum atomic E-state index is -0.881. The Morgan fingerprint density at radius 3 is 2.59 bits per heavy atom. The molecule has 1 saturated heterocycles. The van der Waals surface area contributed by atoms with Crippen molar-refractivity contribution >= 4 is 34.9 Å². The van der Waals surface area contributed by atoms with Crippen LogP contribution in [-0.4, -0.2) is 22.7 Å². The van der Waals surface area contributed by atoms with Gasteiger partial charge in [-0.3, -0.25) is 24.6 Å².